The summed E-state index contributed by atoms with van der Waals surface area (Å²) in [6, 6.07) is 34.4. The monoisotopic (exact) mass is 699 g/mol. The highest BCUT2D eigenvalue weighted by atomic mass is 32.1. The molecule has 0 N–H and O–H groups in total. The van der Waals surface area contributed by atoms with Crippen LogP contribution in [0.5, 0.6) is 0 Å². The van der Waals surface area contributed by atoms with E-state index in [-0.39, 0.29) is 5.41 Å². The Bertz CT molecular complexity index is 2640. The van der Waals surface area contributed by atoms with Crippen LogP contribution < -0.4 is 4.90 Å². The summed E-state index contributed by atoms with van der Waals surface area (Å²) in [5.74, 6) is 2.06. The van der Waals surface area contributed by atoms with E-state index >= 15 is 0 Å². The van der Waals surface area contributed by atoms with E-state index in [2.05, 4.69) is 189 Å². The Morgan fingerprint density at radius 2 is 1.36 bits per heavy atom. The van der Waals surface area contributed by atoms with E-state index in [0.29, 0.717) is 29.6 Å². The van der Waals surface area contributed by atoms with E-state index < -0.39 is 0 Å². The van der Waals surface area contributed by atoms with Gasteiger partial charge in [-0.25, -0.2) is 0 Å². The molecule has 0 fully saturated rings. The molecule has 0 aliphatic heterocycles. The van der Waals surface area contributed by atoms with Crippen molar-refractivity contribution in [3.8, 4) is 0 Å². The van der Waals surface area contributed by atoms with E-state index in [1.54, 1.807) is 0 Å². The predicted molar refractivity (Wildman–Crippen MR) is 226 cm³/mol. The van der Waals surface area contributed by atoms with E-state index in [9.17, 15) is 0 Å². The number of allylic oxidation sites excluding steroid dienone is 18. The average molecular weight is 700 g/mol. The molecule has 1 aromatic heterocycles. The van der Waals surface area contributed by atoms with Crippen molar-refractivity contribution in [3.05, 3.63) is 209 Å². The summed E-state index contributed by atoms with van der Waals surface area (Å²) in [5.41, 5.74) is 13.8. The molecule has 0 amide bonds. The van der Waals surface area contributed by atoms with Crippen LogP contribution in [0.3, 0.4) is 0 Å². The number of thiophene rings is 1. The molecular weight excluding hydrogens is 659 g/mol. The second-order valence-electron chi connectivity index (χ2n) is 16.0. The lowest BCUT2D eigenvalue weighted by molar-refractivity contribution is 0.567. The Morgan fingerprint density at radius 1 is 0.642 bits per heavy atom. The number of hydrogen-bond donors (Lipinski definition) is 0. The van der Waals surface area contributed by atoms with Crippen LogP contribution in [0.2, 0.25) is 0 Å². The first kappa shape index (κ1) is 31.1. The van der Waals surface area contributed by atoms with Crippen LogP contribution in [0.4, 0.5) is 11.4 Å². The number of hydrogen-bond acceptors (Lipinski definition) is 2. The van der Waals surface area contributed by atoms with Gasteiger partial charge in [0.25, 0.3) is 0 Å². The number of fused-ring (bicyclic) bond motifs is 10. The van der Waals surface area contributed by atoms with Gasteiger partial charge in [0.15, 0.2) is 0 Å². The lowest BCUT2D eigenvalue weighted by Crippen LogP contribution is -2.25. The summed E-state index contributed by atoms with van der Waals surface area (Å²) in [4.78, 5) is 2.52. The first-order chi connectivity index (χ1) is 26.0. The standard InChI is InChI=1S/C51H41NS/c1-51(2)47-13-7-5-11-42(47)45-30-37(23-27-48(45)51)52(38-24-28-50-46(31-38)43-12-6-8-14-49(43)53-50)36-21-17-32(18-22-36)35-16-15-34-20-25-40-39-10-4-3-9-33(39)19-26-41(40)44(34)29-35/h3-29,31,33-34,39,44-45H,30H2,1-2H3. The molecule has 0 saturated carbocycles. The van der Waals surface area contributed by atoms with Gasteiger partial charge in [-0.3, -0.25) is 0 Å². The molecule has 256 valence electrons. The van der Waals surface area contributed by atoms with Gasteiger partial charge in [0, 0.05) is 72.2 Å². The second kappa shape index (κ2) is 11.8. The molecule has 5 aromatic rings. The van der Waals surface area contributed by atoms with Gasteiger partial charge in [0.05, 0.1) is 0 Å². The molecular formula is C51H41NS. The van der Waals surface area contributed by atoms with Gasteiger partial charge in [0.1, 0.15) is 0 Å². The van der Waals surface area contributed by atoms with Gasteiger partial charge in [0.2, 0.25) is 0 Å². The minimum absolute atomic E-state index is 0.0364. The third-order valence-corrected chi connectivity index (χ3v) is 14.0. The fraction of sp³-hybridized carbons (Fsp3) is 0.176. The summed E-state index contributed by atoms with van der Waals surface area (Å²) >= 11 is 1.88. The van der Waals surface area contributed by atoms with Crippen LogP contribution >= 0.6 is 11.3 Å². The molecule has 0 spiro atoms. The highest BCUT2D eigenvalue weighted by molar-refractivity contribution is 7.25. The maximum Gasteiger partial charge on any atom is 0.0465 e. The maximum atomic E-state index is 2.52. The van der Waals surface area contributed by atoms with Crippen LogP contribution in [0.15, 0.2) is 192 Å². The lowest BCUT2D eigenvalue weighted by Gasteiger charge is -2.37. The normalized spacial score (nSPS) is 25.7. The molecule has 5 atom stereocenters. The number of anilines is 2. The maximum absolute atomic E-state index is 2.52. The van der Waals surface area contributed by atoms with Gasteiger partial charge >= 0.3 is 0 Å². The molecule has 53 heavy (non-hydrogen) atoms. The molecule has 1 heterocycles. The first-order valence-corrected chi connectivity index (χ1v) is 20.0. The van der Waals surface area contributed by atoms with Crippen molar-refractivity contribution >= 4 is 48.5 Å². The second-order valence-corrected chi connectivity index (χ2v) is 17.1. The van der Waals surface area contributed by atoms with Crippen molar-refractivity contribution in [2.75, 3.05) is 4.90 Å². The van der Waals surface area contributed by atoms with Crippen LogP contribution in [-0.4, -0.2) is 0 Å². The molecule has 2 heteroatoms. The first-order valence-electron chi connectivity index (χ1n) is 19.2. The molecule has 6 aliphatic rings. The van der Waals surface area contributed by atoms with Crippen molar-refractivity contribution in [1.82, 2.24) is 0 Å². The third kappa shape index (κ3) is 4.82. The van der Waals surface area contributed by atoms with Crippen molar-refractivity contribution < 1.29 is 0 Å². The quantitative estimate of drug-likeness (QED) is 0.180. The van der Waals surface area contributed by atoms with Gasteiger partial charge in [-0.15, -0.1) is 11.3 Å². The number of nitrogens with zero attached hydrogens (tertiary/aromatic N) is 1. The Balaban J connectivity index is 0.983. The Hall–Kier alpha value is -5.44. The molecule has 0 radical (unpaired) electrons. The molecule has 0 bridgehead atoms. The summed E-state index contributed by atoms with van der Waals surface area (Å²) in [5, 5.41) is 2.66. The Morgan fingerprint density at radius 3 is 2.25 bits per heavy atom. The highest BCUT2D eigenvalue weighted by Crippen LogP contribution is 2.55. The zero-order chi connectivity index (χ0) is 35.3. The van der Waals surface area contributed by atoms with Gasteiger partial charge in [-0.1, -0.05) is 147 Å². The zero-order valence-corrected chi connectivity index (χ0v) is 30.9. The van der Waals surface area contributed by atoms with Crippen LogP contribution in [0.1, 0.15) is 42.9 Å². The van der Waals surface area contributed by atoms with E-state index in [4.69, 9.17) is 0 Å². The number of rotatable bonds is 4. The molecule has 11 rings (SSSR count). The minimum atomic E-state index is 0.0364. The van der Waals surface area contributed by atoms with Crippen LogP contribution in [-0.2, 0) is 5.41 Å². The Labute approximate surface area is 316 Å². The summed E-state index contributed by atoms with van der Waals surface area (Å²) in [7, 11) is 0. The summed E-state index contributed by atoms with van der Waals surface area (Å²) in [6.45, 7) is 4.79. The fourth-order valence-electron chi connectivity index (χ4n) is 10.2. The minimum Gasteiger partial charge on any atom is -0.314 e. The topological polar surface area (TPSA) is 3.24 Å². The van der Waals surface area contributed by atoms with Crippen LogP contribution in [0, 0.1) is 23.7 Å². The number of benzene rings is 4. The lowest BCUT2D eigenvalue weighted by atomic mass is 9.67. The SMILES string of the molecule is CC1(C)C2=CC=C(N(c3ccc(C4=CC5C6=C(C=CC5C=C4)C4C=CC=CC4C=C6)cc3)c3ccc4sc5ccccc5c4c3)CC2c2ccccc21. The third-order valence-electron chi connectivity index (χ3n) is 12.8. The van der Waals surface area contributed by atoms with Gasteiger partial charge in [-0.2, -0.15) is 0 Å². The average Bonchev–Trinajstić information content (AvgIpc) is 3.69. The molecule has 6 aliphatic carbocycles. The van der Waals surface area contributed by atoms with Crippen molar-refractivity contribution in [1.29, 1.82) is 0 Å². The molecule has 0 saturated heterocycles. The largest absolute Gasteiger partial charge is 0.314 e. The van der Waals surface area contributed by atoms with E-state index in [1.165, 1.54) is 76.2 Å². The summed E-state index contributed by atoms with van der Waals surface area (Å²) in [6.07, 6.45) is 31.8. The van der Waals surface area contributed by atoms with Gasteiger partial charge < -0.3 is 4.90 Å². The highest BCUT2D eigenvalue weighted by Gasteiger charge is 2.43. The van der Waals surface area contributed by atoms with Crippen molar-refractivity contribution in [2.24, 2.45) is 23.7 Å². The molecule has 4 aromatic carbocycles. The molecule has 1 nitrogen and oxygen atoms in total. The predicted octanol–water partition coefficient (Wildman–Crippen LogP) is 13.5. The van der Waals surface area contributed by atoms with Crippen LogP contribution in [0.25, 0.3) is 25.7 Å². The summed E-state index contributed by atoms with van der Waals surface area (Å²) < 4.78 is 2.67. The molecule has 5 unspecified atom stereocenters. The van der Waals surface area contributed by atoms with E-state index in [0.717, 1.165) is 6.42 Å². The zero-order valence-electron chi connectivity index (χ0n) is 30.1. The Kier molecular flexibility index (Phi) is 6.92. The van der Waals surface area contributed by atoms with Crippen molar-refractivity contribution in [3.63, 3.8) is 0 Å². The van der Waals surface area contributed by atoms with E-state index in [1.807, 2.05) is 11.3 Å². The van der Waals surface area contributed by atoms with Gasteiger partial charge in [-0.05, 0) is 82.3 Å². The smallest absolute Gasteiger partial charge is 0.0465 e. The van der Waals surface area contributed by atoms with Crippen molar-refractivity contribution in [2.45, 2.75) is 31.6 Å². The fourth-order valence-corrected chi connectivity index (χ4v) is 11.2.